The number of thiocarbonyl (C=S) groups is 1. The molecule has 0 radical (unpaired) electrons. The molecular weight excluding hydrogens is 469 g/mol. The Balaban J connectivity index is 1.74. The summed E-state index contributed by atoms with van der Waals surface area (Å²) in [4.78, 5) is 3.14. The minimum absolute atomic E-state index is 0.263. The number of hydrogen-bond donors (Lipinski definition) is 0. The minimum Gasteiger partial charge on any atom is -0.487 e. The van der Waals surface area contributed by atoms with Crippen molar-refractivity contribution in [2.24, 2.45) is 0 Å². The van der Waals surface area contributed by atoms with Gasteiger partial charge in [-0.25, -0.2) is 4.39 Å². The van der Waals surface area contributed by atoms with E-state index in [0.717, 1.165) is 38.2 Å². The van der Waals surface area contributed by atoms with Crippen molar-refractivity contribution < 1.29 is 9.13 Å². The fourth-order valence-electron chi connectivity index (χ4n) is 2.88. The van der Waals surface area contributed by atoms with Crippen LogP contribution in [-0.2, 0) is 6.61 Å². The molecule has 0 N–H and O–H groups in total. The number of rotatable bonds is 4. The molecule has 1 aliphatic heterocycles. The van der Waals surface area contributed by atoms with Gasteiger partial charge in [0.25, 0.3) is 0 Å². The standard InChI is InChI=1S/C19H18Br2FNOS/c20-16-10-14(19(25)23-7-2-1-3-8-23)11-17(21)18(16)24-12-13-5-4-6-15(22)9-13/h4-6,9-11H,1-3,7-8,12H2. The van der Waals surface area contributed by atoms with Crippen molar-refractivity contribution in [3.05, 3.63) is 62.3 Å². The van der Waals surface area contributed by atoms with Gasteiger partial charge in [0.05, 0.1) is 8.95 Å². The lowest BCUT2D eigenvalue weighted by Crippen LogP contribution is -2.34. The van der Waals surface area contributed by atoms with Crippen molar-refractivity contribution in [1.82, 2.24) is 4.90 Å². The SMILES string of the molecule is Fc1cccc(COc2c(Br)cc(C(=S)N3CCCCC3)cc2Br)c1. The van der Waals surface area contributed by atoms with Crippen molar-refractivity contribution >= 4 is 49.1 Å². The lowest BCUT2D eigenvalue weighted by molar-refractivity contribution is 0.301. The van der Waals surface area contributed by atoms with Crippen LogP contribution in [0.4, 0.5) is 4.39 Å². The topological polar surface area (TPSA) is 12.5 Å². The van der Waals surface area contributed by atoms with E-state index in [0.29, 0.717) is 12.4 Å². The van der Waals surface area contributed by atoms with E-state index in [1.807, 2.05) is 18.2 Å². The summed E-state index contributed by atoms with van der Waals surface area (Å²) in [5.74, 6) is 0.427. The van der Waals surface area contributed by atoms with E-state index in [1.54, 1.807) is 6.07 Å². The van der Waals surface area contributed by atoms with Crippen LogP contribution in [-0.4, -0.2) is 23.0 Å². The number of nitrogens with zero attached hydrogens (tertiary/aromatic N) is 1. The summed E-state index contributed by atoms with van der Waals surface area (Å²) in [6.45, 7) is 2.34. The first-order valence-corrected chi connectivity index (χ1v) is 10.2. The van der Waals surface area contributed by atoms with Crippen LogP contribution in [0.25, 0.3) is 0 Å². The molecule has 1 fully saturated rings. The zero-order valence-electron chi connectivity index (χ0n) is 13.6. The molecule has 1 saturated heterocycles. The van der Waals surface area contributed by atoms with E-state index >= 15 is 0 Å². The number of hydrogen-bond acceptors (Lipinski definition) is 2. The van der Waals surface area contributed by atoms with Gasteiger partial charge in [0.2, 0.25) is 0 Å². The highest BCUT2D eigenvalue weighted by atomic mass is 79.9. The Hall–Kier alpha value is -0.980. The van der Waals surface area contributed by atoms with Crippen LogP contribution in [0.5, 0.6) is 5.75 Å². The van der Waals surface area contributed by atoms with Crippen molar-refractivity contribution in [2.75, 3.05) is 13.1 Å². The second-order valence-corrected chi connectivity index (χ2v) is 8.14. The monoisotopic (exact) mass is 485 g/mol. The molecule has 0 aliphatic carbocycles. The lowest BCUT2D eigenvalue weighted by Gasteiger charge is -2.29. The van der Waals surface area contributed by atoms with Gasteiger partial charge in [0.1, 0.15) is 23.2 Å². The molecule has 132 valence electrons. The molecule has 1 heterocycles. The Bertz CT molecular complexity index is 755. The second kappa shape index (κ2) is 8.60. The van der Waals surface area contributed by atoms with Crippen molar-refractivity contribution in [1.29, 1.82) is 0 Å². The summed E-state index contributed by atoms with van der Waals surface area (Å²) in [6, 6.07) is 10.4. The molecule has 0 unspecified atom stereocenters. The second-order valence-electron chi connectivity index (χ2n) is 6.04. The number of likely N-dealkylation sites (tertiary alicyclic amines) is 1. The number of ether oxygens (including phenoxy) is 1. The van der Waals surface area contributed by atoms with Crippen LogP contribution >= 0.6 is 44.1 Å². The Kier molecular flexibility index (Phi) is 6.47. The van der Waals surface area contributed by atoms with E-state index in [9.17, 15) is 4.39 Å². The van der Waals surface area contributed by atoms with Crippen LogP contribution < -0.4 is 4.74 Å². The molecule has 1 aliphatic rings. The molecule has 3 rings (SSSR count). The highest BCUT2D eigenvalue weighted by Gasteiger charge is 2.18. The smallest absolute Gasteiger partial charge is 0.148 e. The molecule has 0 bridgehead atoms. The van der Waals surface area contributed by atoms with Crippen LogP contribution in [0.2, 0.25) is 0 Å². The molecule has 25 heavy (non-hydrogen) atoms. The fraction of sp³-hybridized carbons (Fsp3) is 0.316. The number of halogens is 3. The first kappa shape index (κ1) is 18.8. The van der Waals surface area contributed by atoms with Gasteiger partial charge >= 0.3 is 0 Å². The van der Waals surface area contributed by atoms with Crippen molar-refractivity contribution in [3.8, 4) is 5.75 Å². The maximum Gasteiger partial charge on any atom is 0.148 e. The first-order valence-electron chi connectivity index (χ1n) is 8.20. The van der Waals surface area contributed by atoms with Crippen LogP contribution in [0.1, 0.15) is 30.4 Å². The maximum absolute atomic E-state index is 13.3. The van der Waals surface area contributed by atoms with Gasteiger partial charge in [-0.05, 0) is 81.0 Å². The Morgan fingerprint density at radius 1 is 1.08 bits per heavy atom. The molecular formula is C19H18Br2FNOS. The summed E-state index contributed by atoms with van der Waals surface area (Å²) in [5.41, 5.74) is 1.78. The normalized spacial score (nSPS) is 14.4. The Morgan fingerprint density at radius 2 is 1.76 bits per heavy atom. The lowest BCUT2D eigenvalue weighted by atomic mass is 10.1. The van der Waals surface area contributed by atoms with Gasteiger partial charge < -0.3 is 9.64 Å². The van der Waals surface area contributed by atoms with E-state index in [-0.39, 0.29) is 5.82 Å². The molecule has 6 heteroatoms. The zero-order valence-corrected chi connectivity index (χ0v) is 17.6. The van der Waals surface area contributed by atoms with Crippen LogP contribution in [0.3, 0.4) is 0 Å². The van der Waals surface area contributed by atoms with Gasteiger partial charge in [0.15, 0.2) is 0 Å². The predicted octanol–water partition coefficient (Wildman–Crippen LogP) is 6.09. The third-order valence-corrected chi connectivity index (χ3v) is 5.83. The summed E-state index contributed by atoms with van der Waals surface area (Å²) in [6.07, 6.45) is 3.66. The largest absolute Gasteiger partial charge is 0.487 e. The molecule has 0 atom stereocenters. The van der Waals surface area contributed by atoms with Gasteiger partial charge in [-0.3, -0.25) is 0 Å². The van der Waals surface area contributed by atoms with E-state index < -0.39 is 0 Å². The summed E-state index contributed by atoms with van der Waals surface area (Å²) >= 11 is 12.8. The number of benzene rings is 2. The van der Waals surface area contributed by atoms with Crippen LogP contribution in [0.15, 0.2) is 45.3 Å². The molecule has 0 spiro atoms. The first-order chi connectivity index (χ1) is 12.0. The predicted molar refractivity (Wildman–Crippen MR) is 110 cm³/mol. The highest BCUT2D eigenvalue weighted by molar-refractivity contribution is 9.11. The average Bonchev–Trinajstić information content (AvgIpc) is 2.61. The van der Waals surface area contributed by atoms with Gasteiger partial charge in [0, 0.05) is 18.7 Å². The molecule has 0 aromatic heterocycles. The van der Waals surface area contributed by atoms with E-state index in [1.165, 1.54) is 31.4 Å². The summed E-state index contributed by atoms with van der Waals surface area (Å²) in [5, 5.41) is 0. The summed E-state index contributed by atoms with van der Waals surface area (Å²) < 4.78 is 20.8. The third-order valence-electron chi connectivity index (χ3n) is 4.16. The van der Waals surface area contributed by atoms with Crippen molar-refractivity contribution in [2.45, 2.75) is 25.9 Å². The quantitative estimate of drug-likeness (QED) is 0.485. The summed E-state index contributed by atoms with van der Waals surface area (Å²) in [7, 11) is 0. The minimum atomic E-state index is -0.263. The zero-order chi connectivity index (χ0) is 17.8. The average molecular weight is 487 g/mol. The van der Waals surface area contributed by atoms with Gasteiger partial charge in [-0.2, -0.15) is 0 Å². The molecule has 2 aromatic rings. The third kappa shape index (κ3) is 4.80. The molecule has 2 aromatic carbocycles. The van der Waals surface area contributed by atoms with E-state index in [2.05, 4.69) is 36.8 Å². The maximum atomic E-state index is 13.3. The fourth-order valence-corrected chi connectivity index (χ4v) is 4.60. The van der Waals surface area contributed by atoms with E-state index in [4.69, 9.17) is 17.0 Å². The molecule has 0 saturated carbocycles. The van der Waals surface area contributed by atoms with Gasteiger partial charge in [-0.15, -0.1) is 0 Å². The highest BCUT2D eigenvalue weighted by Crippen LogP contribution is 2.36. The Labute approximate surface area is 169 Å². The molecule has 2 nitrogen and oxygen atoms in total. The molecule has 0 amide bonds. The Morgan fingerprint density at radius 3 is 2.40 bits per heavy atom. The van der Waals surface area contributed by atoms with Gasteiger partial charge in [-0.1, -0.05) is 24.4 Å². The van der Waals surface area contributed by atoms with Crippen molar-refractivity contribution in [3.63, 3.8) is 0 Å². The van der Waals surface area contributed by atoms with Crippen LogP contribution in [0, 0.1) is 5.82 Å². The number of piperidine rings is 1.